The van der Waals surface area contributed by atoms with Gasteiger partial charge in [0.05, 0.1) is 11.5 Å². The average Bonchev–Trinajstić information content (AvgIpc) is 2.34. The molecule has 0 bridgehead atoms. The summed E-state index contributed by atoms with van der Waals surface area (Å²) in [5.41, 5.74) is -4.78. The fourth-order valence-electron chi connectivity index (χ4n) is 2.82. The van der Waals surface area contributed by atoms with Crippen LogP contribution in [0.15, 0.2) is 0 Å². The monoisotopic (exact) mass is 339 g/mol. The predicted octanol–water partition coefficient (Wildman–Crippen LogP) is 2.74. The Morgan fingerprint density at radius 2 is 1.83 bits per heavy atom. The minimum absolute atomic E-state index is 0.0291. The number of hydrogen-bond acceptors (Lipinski definition) is 3. The lowest BCUT2D eigenvalue weighted by atomic mass is 9.54. The van der Waals surface area contributed by atoms with Gasteiger partial charge in [0.1, 0.15) is 5.54 Å². The third-order valence-corrected chi connectivity index (χ3v) is 4.85. The normalized spacial score (nSPS) is 27.2. The van der Waals surface area contributed by atoms with Crippen LogP contribution in [0.2, 0.25) is 0 Å². The van der Waals surface area contributed by atoms with Crippen molar-refractivity contribution in [1.82, 2.24) is 5.32 Å². The average molecular weight is 339 g/mol. The van der Waals surface area contributed by atoms with Crippen LogP contribution in [0, 0.1) is 10.8 Å². The summed E-state index contributed by atoms with van der Waals surface area (Å²) < 4.78 is 44.1. The van der Waals surface area contributed by atoms with Gasteiger partial charge in [-0.3, -0.25) is 4.79 Å². The van der Waals surface area contributed by atoms with E-state index in [0.717, 1.165) is 13.8 Å². The SMILES string of the molecule is CCOC1CC(NC(=O)CC(C)(C)C(F)(F)F)(C(=O)O)C1(C)C. The molecule has 1 amide bonds. The first-order valence-corrected chi connectivity index (χ1v) is 7.44. The lowest BCUT2D eigenvalue weighted by Crippen LogP contribution is -2.76. The van der Waals surface area contributed by atoms with E-state index in [1.165, 1.54) is 0 Å². The van der Waals surface area contributed by atoms with E-state index in [1.807, 2.05) is 0 Å². The summed E-state index contributed by atoms with van der Waals surface area (Å²) in [5, 5.41) is 11.8. The molecule has 5 nitrogen and oxygen atoms in total. The maximum absolute atomic E-state index is 12.9. The van der Waals surface area contributed by atoms with Gasteiger partial charge in [-0.25, -0.2) is 4.79 Å². The Morgan fingerprint density at radius 3 is 2.17 bits per heavy atom. The van der Waals surface area contributed by atoms with Crippen LogP contribution >= 0.6 is 0 Å². The highest BCUT2D eigenvalue weighted by Crippen LogP contribution is 2.52. The fraction of sp³-hybridized carbons (Fsp3) is 0.867. The summed E-state index contributed by atoms with van der Waals surface area (Å²) in [7, 11) is 0. The highest BCUT2D eigenvalue weighted by atomic mass is 19.4. The Labute approximate surface area is 133 Å². The van der Waals surface area contributed by atoms with E-state index in [0.29, 0.717) is 6.61 Å². The number of rotatable bonds is 6. The topological polar surface area (TPSA) is 75.6 Å². The largest absolute Gasteiger partial charge is 0.479 e. The minimum Gasteiger partial charge on any atom is -0.479 e. The minimum atomic E-state index is -4.55. The summed E-state index contributed by atoms with van der Waals surface area (Å²) in [4.78, 5) is 23.7. The number of carboxylic acids is 1. The van der Waals surface area contributed by atoms with E-state index in [1.54, 1.807) is 20.8 Å². The molecule has 1 fully saturated rings. The lowest BCUT2D eigenvalue weighted by Gasteiger charge is -2.58. The van der Waals surface area contributed by atoms with Gasteiger partial charge in [0.15, 0.2) is 0 Å². The Balaban J connectivity index is 2.92. The molecule has 0 spiro atoms. The second-order valence-electron chi connectivity index (χ2n) is 7.19. The van der Waals surface area contributed by atoms with E-state index in [4.69, 9.17) is 4.74 Å². The van der Waals surface area contributed by atoms with E-state index in [9.17, 15) is 27.9 Å². The smallest absolute Gasteiger partial charge is 0.394 e. The number of aliphatic carboxylic acids is 1. The van der Waals surface area contributed by atoms with Crippen molar-refractivity contribution in [2.24, 2.45) is 10.8 Å². The second kappa shape index (κ2) is 5.96. The Hall–Kier alpha value is -1.31. The number of halogens is 3. The van der Waals surface area contributed by atoms with Gasteiger partial charge in [-0.15, -0.1) is 0 Å². The molecule has 2 unspecified atom stereocenters. The van der Waals surface area contributed by atoms with Crippen molar-refractivity contribution in [3.05, 3.63) is 0 Å². The number of carbonyl (C=O) groups is 2. The van der Waals surface area contributed by atoms with Gasteiger partial charge >= 0.3 is 12.1 Å². The van der Waals surface area contributed by atoms with Crippen LogP contribution in [-0.4, -0.2) is 41.4 Å². The van der Waals surface area contributed by atoms with Crippen molar-refractivity contribution in [1.29, 1.82) is 0 Å². The lowest BCUT2D eigenvalue weighted by molar-refractivity contribution is -0.216. The molecule has 1 rings (SSSR count). The predicted molar refractivity (Wildman–Crippen MR) is 76.8 cm³/mol. The van der Waals surface area contributed by atoms with Crippen LogP contribution in [0.25, 0.3) is 0 Å². The van der Waals surface area contributed by atoms with Crippen LogP contribution in [0.4, 0.5) is 13.2 Å². The number of carbonyl (C=O) groups excluding carboxylic acids is 1. The van der Waals surface area contributed by atoms with Gasteiger partial charge in [-0.2, -0.15) is 13.2 Å². The summed E-state index contributed by atoms with van der Waals surface area (Å²) in [6.45, 7) is 7.23. The molecule has 0 saturated heterocycles. The molecule has 8 heteroatoms. The van der Waals surface area contributed by atoms with E-state index < -0.39 is 40.8 Å². The van der Waals surface area contributed by atoms with Crippen molar-refractivity contribution in [2.75, 3.05) is 6.61 Å². The first-order chi connectivity index (χ1) is 10.2. The first-order valence-electron chi connectivity index (χ1n) is 7.44. The fourth-order valence-corrected chi connectivity index (χ4v) is 2.82. The number of alkyl halides is 3. The van der Waals surface area contributed by atoms with E-state index >= 15 is 0 Å². The summed E-state index contributed by atoms with van der Waals surface area (Å²) in [6.07, 6.45) is -5.73. The zero-order valence-electron chi connectivity index (χ0n) is 14.0. The van der Waals surface area contributed by atoms with Gasteiger partial charge in [0.25, 0.3) is 0 Å². The maximum atomic E-state index is 12.9. The standard InChI is InChI=1S/C15H24F3NO4/c1-6-23-9-7-14(11(21)22,13(9,4)5)19-10(20)8-12(2,3)15(16,17)18/h9H,6-8H2,1-5H3,(H,19,20)(H,21,22). The highest BCUT2D eigenvalue weighted by Gasteiger charge is 2.66. The Morgan fingerprint density at radius 1 is 1.30 bits per heavy atom. The molecule has 0 aliphatic heterocycles. The molecule has 0 heterocycles. The molecule has 2 N–H and O–H groups in total. The molecule has 23 heavy (non-hydrogen) atoms. The van der Waals surface area contributed by atoms with Crippen molar-refractivity contribution in [3.8, 4) is 0 Å². The third kappa shape index (κ3) is 3.32. The van der Waals surface area contributed by atoms with Gasteiger partial charge in [0, 0.05) is 24.9 Å². The van der Waals surface area contributed by atoms with E-state index in [2.05, 4.69) is 5.32 Å². The summed E-state index contributed by atoms with van der Waals surface area (Å²) >= 11 is 0. The molecular weight excluding hydrogens is 315 g/mol. The zero-order chi connectivity index (χ0) is 18.3. The molecule has 2 atom stereocenters. The molecule has 0 aromatic carbocycles. The van der Waals surface area contributed by atoms with Gasteiger partial charge in [0.2, 0.25) is 5.91 Å². The number of ether oxygens (including phenoxy) is 1. The van der Waals surface area contributed by atoms with Crippen LogP contribution < -0.4 is 5.32 Å². The molecule has 0 aromatic rings. The summed E-state index contributed by atoms with van der Waals surface area (Å²) in [6, 6.07) is 0. The van der Waals surface area contributed by atoms with Crippen molar-refractivity contribution in [2.45, 2.75) is 65.3 Å². The number of amides is 1. The molecule has 134 valence electrons. The van der Waals surface area contributed by atoms with Crippen LogP contribution in [0.1, 0.15) is 47.5 Å². The Kier molecular flexibility index (Phi) is 5.11. The van der Waals surface area contributed by atoms with Gasteiger partial charge < -0.3 is 15.2 Å². The van der Waals surface area contributed by atoms with Crippen molar-refractivity contribution >= 4 is 11.9 Å². The molecule has 1 aliphatic carbocycles. The molecular formula is C15H24F3NO4. The van der Waals surface area contributed by atoms with Crippen LogP contribution in [0.5, 0.6) is 0 Å². The van der Waals surface area contributed by atoms with E-state index in [-0.39, 0.29) is 12.5 Å². The molecule has 1 saturated carbocycles. The van der Waals surface area contributed by atoms with Crippen molar-refractivity contribution in [3.63, 3.8) is 0 Å². The second-order valence-corrected chi connectivity index (χ2v) is 7.19. The molecule has 1 aliphatic rings. The number of hydrogen-bond donors (Lipinski definition) is 2. The summed E-state index contributed by atoms with van der Waals surface area (Å²) in [5.74, 6) is -2.20. The molecule has 0 aromatic heterocycles. The third-order valence-electron chi connectivity index (χ3n) is 4.85. The van der Waals surface area contributed by atoms with Gasteiger partial charge in [-0.05, 0) is 6.92 Å². The van der Waals surface area contributed by atoms with Crippen LogP contribution in [0.3, 0.4) is 0 Å². The zero-order valence-corrected chi connectivity index (χ0v) is 14.0. The van der Waals surface area contributed by atoms with Gasteiger partial charge in [-0.1, -0.05) is 27.7 Å². The highest BCUT2D eigenvalue weighted by molar-refractivity contribution is 5.89. The Bertz CT molecular complexity index is 488. The molecule has 0 radical (unpaired) electrons. The maximum Gasteiger partial charge on any atom is 0.394 e. The van der Waals surface area contributed by atoms with Crippen LogP contribution in [-0.2, 0) is 14.3 Å². The first kappa shape index (κ1) is 19.7. The number of nitrogens with one attached hydrogen (secondary N) is 1. The van der Waals surface area contributed by atoms with Crippen molar-refractivity contribution < 1.29 is 32.6 Å². The number of carboxylic acid groups (broad SMARTS) is 1. The quantitative estimate of drug-likeness (QED) is 0.780.